The van der Waals surface area contributed by atoms with Gasteiger partial charge in [-0.1, -0.05) is 6.92 Å². The summed E-state index contributed by atoms with van der Waals surface area (Å²) in [4.78, 5) is 1.12. The highest BCUT2D eigenvalue weighted by Gasteiger charge is 2.35. The third-order valence-electron chi connectivity index (χ3n) is 3.31. The van der Waals surface area contributed by atoms with Gasteiger partial charge in [0.25, 0.3) is 10.0 Å². The summed E-state index contributed by atoms with van der Waals surface area (Å²) in [5.74, 6) is 0. The Morgan fingerprint density at radius 3 is 2.79 bits per heavy atom. The molecule has 1 fully saturated rings. The van der Waals surface area contributed by atoms with Crippen LogP contribution in [0.2, 0.25) is 0 Å². The van der Waals surface area contributed by atoms with Crippen molar-refractivity contribution < 1.29 is 8.42 Å². The third-order valence-corrected chi connectivity index (χ3v) is 6.96. The van der Waals surface area contributed by atoms with Gasteiger partial charge in [0, 0.05) is 24.0 Å². The Morgan fingerprint density at radius 2 is 2.21 bits per heavy atom. The number of sulfonamides is 1. The van der Waals surface area contributed by atoms with Crippen molar-refractivity contribution in [1.82, 2.24) is 9.62 Å². The molecule has 0 radical (unpaired) electrons. The first-order valence-electron chi connectivity index (χ1n) is 6.34. The fraction of sp³-hybridized carbons (Fsp3) is 0.667. The van der Waals surface area contributed by atoms with Gasteiger partial charge < -0.3 is 5.32 Å². The fourth-order valence-electron chi connectivity index (χ4n) is 2.37. The summed E-state index contributed by atoms with van der Waals surface area (Å²) in [6.45, 7) is 3.42. The van der Waals surface area contributed by atoms with Crippen LogP contribution in [0.25, 0.3) is 0 Å². The molecule has 1 aromatic rings. The molecule has 0 aliphatic carbocycles. The van der Waals surface area contributed by atoms with Gasteiger partial charge in [0.1, 0.15) is 4.21 Å². The molecule has 19 heavy (non-hydrogen) atoms. The van der Waals surface area contributed by atoms with E-state index in [4.69, 9.17) is 0 Å². The first kappa shape index (κ1) is 16.9. The summed E-state index contributed by atoms with van der Waals surface area (Å²) >= 11 is 1.40. The van der Waals surface area contributed by atoms with Crippen molar-refractivity contribution in [2.75, 3.05) is 20.1 Å². The maximum absolute atomic E-state index is 12.6. The highest BCUT2D eigenvalue weighted by molar-refractivity contribution is 7.91. The quantitative estimate of drug-likeness (QED) is 0.902. The lowest BCUT2D eigenvalue weighted by atomic mass is 10.2. The molecule has 110 valence electrons. The Morgan fingerprint density at radius 1 is 1.47 bits per heavy atom. The van der Waals surface area contributed by atoms with Crippen LogP contribution in [0.1, 0.15) is 24.6 Å². The molecule has 0 aromatic carbocycles. The van der Waals surface area contributed by atoms with Crippen LogP contribution < -0.4 is 5.32 Å². The SMILES string of the molecule is CCc1ccc(S(=O)(=O)N2CCCC2CNC)s1.Cl. The van der Waals surface area contributed by atoms with Crippen molar-refractivity contribution in [3.8, 4) is 0 Å². The Bertz CT molecular complexity index is 502. The van der Waals surface area contributed by atoms with Crippen LogP contribution in [-0.4, -0.2) is 38.9 Å². The summed E-state index contributed by atoms with van der Waals surface area (Å²) in [5.41, 5.74) is 0. The molecule has 1 aliphatic heterocycles. The molecule has 0 saturated carbocycles. The summed E-state index contributed by atoms with van der Waals surface area (Å²) in [6, 6.07) is 3.76. The number of hydrogen-bond acceptors (Lipinski definition) is 4. The largest absolute Gasteiger partial charge is 0.318 e. The van der Waals surface area contributed by atoms with E-state index < -0.39 is 10.0 Å². The van der Waals surface area contributed by atoms with E-state index in [0.717, 1.165) is 30.7 Å². The molecule has 7 heteroatoms. The number of rotatable bonds is 5. The number of aryl methyl sites for hydroxylation is 1. The lowest BCUT2D eigenvalue weighted by molar-refractivity contribution is 0.380. The minimum atomic E-state index is -3.29. The van der Waals surface area contributed by atoms with Crippen molar-refractivity contribution in [1.29, 1.82) is 0 Å². The van der Waals surface area contributed by atoms with Crippen LogP contribution in [0.15, 0.2) is 16.3 Å². The lowest BCUT2D eigenvalue weighted by Gasteiger charge is -2.23. The van der Waals surface area contributed by atoms with E-state index in [1.54, 1.807) is 10.4 Å². The van der Waals surface area contributed by atoms with E-state index >= 15 is 0 Å². The molecule has 1 saturated heterocycles. The van der Waals surface area contributed by atoms with Gasteiger partial charge in [-0.15, -0.1) is 23.7 Å². The lowest BCUT2D eigenvalue weighted by Crippen LogP contribution is -2.40. The maximum atomic E-state index is 12.6. The normalized spacial score (nSPS) is 20.4. The van der Waals surface area contributed by atoms with Crippen LogP contribution in [0.3, 0.4) is 0 Å². The van der Waals surface area contributed by atoms with Crippen molar-refractivity contribution in [3.05, 3.63) is 17.0 Å². The minimum Gasteiger partial charge on any atom is -0.318 e. The predicted octanol–water partition coefficient (Wildman–Crippen LogP) is 2.10. The first-order chi connectivity index (χ1) is 8.59. The Balaban J connectivity index is 0.00000180. The molecule has 0 amide bonds. The fourth-order valence-corrected chi connectivity index (χ4v) is 5.49. The Kier molecular flexibility index (Phi) is 6.26. The van der Waals surface area contributed by atoms with E-state index in [1.807, 2.05) is 20.0 Å². The molecule has 4 nitrogen and oxygen atoms in total. The van der Waals surface area contributed by atoms with E-state index in [2.05, 4.69) is 5.32 Å². The second kappa shape index (κ2) is 7.04. The summed E-state index contributed by atoms with van der Waals surface area (Å²) in [5, 5.41) is 3.08. The minimum absolute atomic E-state index is 0. The molecule has 0 spiro atoms. The van der Waals surface area contributed by atoms with Gasteiger partial charge in [-0.05, 0) is 38.4 Å². The smallest absolute Gasteiger partial charge is 0.252 e. The van der Waals surface area contributed by atoms with Crippen molar-refractivity contribution >= 4 is 33.8 Å². The molecule has 0 bridgehead atoms. The molecule has 1 aliphatic rings. The van der Waals surface area contributed by atoms with Gasteiger partial charge in [0.05, 0.1) is 0 Å². The number of hydrogen-bond donors (Lipinski definition) is 1. The van der Waals surface area contributed by atoms with Gasteiger partial charge in [0.2, 0.25) is 0 Å². The van der Waals surface area contributed by atoms with Crippen molar-refractivity contribution in [2.45, 2.75) is 36.4 Å². The van der Waals surface area contributed by atoms with Gasteiger partial charge in [-0.25, -0.2) is 8.42 Å². The van der Waals surface area contributed by atoms with Gasteiger partial charge in [0.15, 0.2) is 0 Å². The van der Waals surface area contributed by atoms with Crippen molar-refractivity contribution in [3.63, 3.8) is 0 Å². The molecule has 1 atom stereocenters. The summed E-state index contributed by atoms with van der Waals surface area (Å²) in [7, 11) is -1.42. The third kappa shape index (κ3) is 3.49. The molecule has 1 aromatic heterocycles. The van der Waals surface area contributed by atoms with Gasteiger partial charge >= 0.3 is 0 Å². The van der Waals surface area contributed by atoms with Gasteiger partial charge in [-0.3, -0.25) is 0 Å². The zero-order valence-electron chi connectivity index (χ0n) is 11.3. The van der Waals surface area contributed by atoms with Crippen LogP contribution in [0.5, 0.6) is 0 Å². The average molecular weight is 325 g/mol. The average Bonchev–Trinajstić information content (AvgIpc) is 2.97. The topological polar surface area (TPSA) is 49.4 Å². The number of nitrogens with one attached hydrogen (secondary N) is 1. The first-order valence-corrected chi connectivity index (χ1v) is 8.60. The zero-order valence-corrected chi connectivity index (χ0v) is 13.7. The monoisotopic (exact) mass is 324 g/mol. The second-order valence-electron chi connectivity index (χ2n) is 4.54. The highest BCUT2D eigenvalue weighted by Crippen LogP contribution is 2.30. The predicted molar refractivity (Wildman–Crippen MR) is 81.8 cm³/mol. The van der Waals surface area contributed by atoms with Crippen LogP contribution in [0, 0.1) is 0 Å². The van der Waals surface area contributed by atoms with E-state index in [1.165, 1.54) is 11.3 Å². The Hall–Kier alpha value is -0.140. The molecular formula is C12H21ClN2O2S2. The van der Waals surface area contributed by atoms with Crippen molar-refractivity contribution in [2.24, 2.45) is 0 Å². The Labute approximate surface area is 125 Å². The number of likely N-dealkylation sites (N-methyl/N-ethyl adjacent to an activating group) is 1. The number of halogens is 1. The van der Waals surface area contributed by atoms with E-state index in [9.17, 15) is 8.42 Å². The zero-order chi connectivity index (χ0) is 13.2. The molecule has 1 N–H and O–H groups in total. The molecular weight excluding hydrogens is 304 g/mol. The second-order valence-corrected chi connectivity index (χ2v) is 7.83. The number of nitrogens with zero attached hydrogens (tertiary/aromatic N) is 1. The molecule has 1 unspecified atom stereocenters. The molecule has 2 rings (SSSR count). The highest BCUT2D eigenvalue weighted by atomic mass is 35.5. The van der Waals surface area contributed by atoms with Crippen LogP contribution in [0.4, 0.5) is 0 Å². The van der Waals surface area contributed by atoms with Crippen LogP contribution in [-0.2, 0) is 16.4 Å². The summed E-state index contributed by atoms with van der Waals surface area (Å²) < 4.78 is 27.3. The van der Waals surface area contributed by atoms with E-state index in [-0.39, 0.29) is 18.4 Å². The molecule has 2 heterocycles. The maximum Gasteiger partial charge on any atom is 0.252 e. The summed E-state index contributed by atoms with van der Waals surface area (Å²) in [6.07, 6.45) is 2.80. The van der Waals surface area contributed by atoms with Crippen LogP contribution >= 0.6 is 23.7 Å². The van der Waals surface area contributed by atoms with E-state index in [0.29, 0.717) is 10.8 Å². The number of thiophene rings is 1. The van der Waals surface area contributed by atoms with Gasteiger partial charge in [-0.2, -0.15) is 4.31 Å². The standard InChI is InChI=1S/C12H20N2O2S2.ClH/c1-3-11-6-7-12(17-11)18(15,16)14-8-4-5-10(14)9-13-2;/h6-7,10,13H,3-5,8-9H2,1-2H3;1H.